The van der Waals surface area contributed by atoms with Crippen LogP contribution in [0.3, 0.4) is 0 Å². The summed E-state index contributed by atoms with van der Waals surface area (Å²) < 4.78 is 39.5. The van der Waals surface area contributed by atoms with Crippen molar-refractivity contribution in [1.29, 1.82) is 0 Å². The van der Waals surface area contributed by atoms with Crippen molar-refractivity contribution in [2.75, 3.05) is 13.1 Å². The van der Waals surface area contributed by atoms with Gasteiger partial charge < -0.3 is 10.1 Å². The molecule has 0 bridgehead atoms. The van der Waals surface area contributed by atoms with E-state index in [1.807, 2.05) is 0 Å². The Morgan fingerprint density at radius 2 is 1.88 bits per heavy atom. The maximum absolute atomic E-state index is 11.9. The number of halogens is 3. The summed E-state index contributed by atoms with van der Waals surface area (Å²) in [5.41, 5.74) is 1.06. The summed E-state index contributed by atoms with van der Waals surface area (Å²) in [5.74, 6) is 0.238. The number of alkyl halides is 3. The quantitative estimate of drug-likeness (QED) is 0.844. The summed E-state index contributed by atoms with van der Waals surface area (Å²) in [4.78, 5) is 0. The van der Waals surface area contributed by atoms with Gasteiger partial charge in [-0.05, 0) is 36.6 Å². The Kier molecular flexibility index (Phi) is 3.05. The number of benzene rings is 1. The van der Waals surface area contributed by atoms with Crippen molar-refractivity contribution in [1.82, 2.24) is 5.32 Å². The predicted octanol–water partition coefficient (Wildman–Crippen LogP) is 2.66. The van der Waals surface area contributed by atoms with Crippen LogP contribution < -0.4 is 10.1 Å². The Labute approximate surface area is 91.4 Å². The zero-order chi connectivity index (χ0) is 11.6. The normalized spacial score (nSPS) is 21.1. The highest BCUT2D eigenvalue weighted by atomic mass is 19.4. The zero-order valence-electron chi connectivity index (χ0n) is 8.55. The van der Waals surface area contributed by atoms with Gasteiger partial charge in [0, 0.05) is 6.54 Å². The van der Waals surface area contributed by atoms with Crippen molar-refractivity contribution in [3.05, 3.63) is 29.8 Å². The predicted molar refractivity (Wildman–Crippen MR) is 53.4 cm³/mol. The maximum atomic E-state index is 11.9. The van der Waals surface area contributed by atoms with Gasteiger partial charge in [0.25, 0.3) is 0 Å². The molecule has 0 radical (unpaired) electrons. The molecule has 0 saturated carbocycles. The Balaban J connectivity index is 2.04. The van der Waals surface area contributed by atoms with Crippen molar-refractivity contribution in [2.45, 2.75) is 18.7 Å². The second-order valence-electron chi connectivity index (χ2n) is 3.81. The standard InChI is InChI=1S/C11H12F3NO/c12-11(13,14)16-10-3-1-8(2-4-10)9-5-6-15-7-9/h1-4,9,15H,5-7H2. The molecule has 2 nitrogen and oxygen atoms in total. The molecule has 1 aliphatic heterocycles. The Hall–Kier alpha value is -1.23. The highest BCUT2D eigenvalue weighted by Gasteiger charge is 2.31. The van der Waals surface area contributed by atoms with Gasteiger partial charge in [0.2, 0.25) is 0 Å². The largest absolute Gasteiger partial charge is 0.573 e. The van der Waals surface area contributed by atoms with Gasteiger partial charge in [-0.3, -0.25) is 0 Å². The Morgan fingerprint density at radius 1 is 1.19 bits per heavy atom. The lowest BCUT2D eigenvalue weighted by Gasteiger charge is -2.11. The van der Waals surface area contributed by atoms with Crippen molar-refractivity contribution >= 4 is 0 Å². The van der Waals surface area contributed by atoms with Crippen LogP contribution in [0.25, 0.3) is 0 Å². The molecular weight excluding hydrogens is 219 g/mol. The Morgan fingerprint density at radius 3 is 2.38 bits per heavy atom. The highest BCUT2D eigenvalue weighted by molar-refractivity contribution is 5.30. The lowest BCUT2D eigenvalue weighted by Crippen LogP contribution is -2.17. The van der Waals surface area contributed by atoms with E-state index in [0.29, 0.717) is 5.92 Å². The van der Waals surface area contributed by atoms with E-state index in [-0.39, 0.29) is 5.75 Å². The van der Waals surface area contributed by atoms with Gasteiger partial charge in [0.05, 0.1) is 0 Å². The summed E-state index contributed by atoms with van der Waals surface area (Å²) in [7, 11) is 0. The monoisotopic (exact) mass is 231 g/mol. The third-order valence-electron chi connectivity index (χ3n) is 2.65. The first-order valence-corrected chi connectivity index (χ1v) is 5.11. The van der Waals surface area contributed by atoms with Crippen molar-refractivity contribution < 1.29 is 17.9 Å². The molecular formula is C11H12F3NO. The average Bonchev–Trinajstić information content (AvgIpc) is 2.69. The first-order valence-electron chi connectivity index (χ1n) is 5.11. The van der Waals surface area contributed by atoms with Crippen LogP contribution in [0.4, 0.5) is 13.2 Å². The number of ether oxygens (including phenoxy) is 1. The van der Waals surface area contributed by atoms with Crippen LogP contribution >= 0.6 is 0 Å². The van der Waals surface area contributed by atoms with Crippen molar-refractivity contribution in [2.24, 2.45) is 0 Å². The molecule has 1 aliphatic rings. The molecule has 5 heteroatoms. The first-order chi connectivity index (χ1) is 7.54. The molecule has 1 fully saturated rings. The minimum Gasteiger partial charge on any atom is -0.406 e. The second-order valence-corrected chi connectivity index (χ2v) is 3.81. The molecule has 1 aromatic carbocycles. The summed E-state index contributed by atoms with van der Waals surface area (Å²) in [6.07, 6.45) is -3.59. The zero-order valence-corrected chi connectivity index (χ0v) is 8.55. The van der Waals surface area contributed by atoms with Gasteiger partial charge in [-0.2, -0.15) is 0 Å². The van der Waals surface area contributed by atoms with E-state index in [9.17, 15) is 13.2 Å². The summed E-state index contributed by atoms with van der Waals surface area (Å²) in [6.45, 7) is 1.85. The van der Waals surface area contributed by atoms with Gasteiger partial charge >= 0.3 is 6.36 Å². The van der Waals surface area contributed by atoms with Gasteiger partial charge in [-0.1, -0.05) is 12.1 Å². The summed E-state index contributed by atoms with van der Waals surface area (Å²) in [5, 5.41) is 3.21. The number of hydrogen-bond donors (Lipinski definition) is 1. The topological polar surface area (TPSA) is 21.3 Å². The molecule has 1 atom stereocenters. The van der Waals surface area contributed by atoms with Gasteiger partial charge in [-0.15, -0.1) is 13.2 Å². The summed E-state index contributed by atoms with van der Waals surface area (Å²) >= 11 is 0. The van der Waals surface area contributed by atoms with Crippen LogP contribution in [0.2, 0.25) is 0 Å². The average molecular weight is 231 g/mol. The van der Waals surface area contributed by atoms with Crippen LogP contribution in [0.5, 0.6) is 5.75 Å². The molecule has 16 heavy (non-hydrogen) atoms. The fourth-order valence-electron chi connectivity index (χ4n) is 1.88. The third kappa shape index (κ3) is 2.88. The van der Waals surface area contributed by atoms with E-state index < -0.39 is 6.36 Å². The SMILES string of the molecule is FC(F)(F)Oc1ccc(C2CCNC2)cc1. The number of nitrogens with one attached hydrogen (secondary N) is 1. The molecule has 0 amide bonds. The van der Waals surface area contributed by atoms with E-state index >= 15 is 0 Å². The smallest absolute Gasteiger partial charge is 0.406 e. The Bertz CT molecular complexity index is 341. The van der Waals surface area contributed by atoms with E-state index in [1.54, 1.807) is 12.1 Å². The molecule has 0 spiro atoms. The van der Waals surface area contributed by atoms with Crippen LogP contribution in [-0.2, 0) is 0 Å². The van der Waals surface area contributed by atoms with Crippen molar-refractivity contribution in [3.63, 3.8) is 0 Å². The van der Waals surface area contributed by atoms with Crippen LogP contribution in [0.1, 0.15) is 17.9 Å². The minimum absolute atomic E-state index is 0.165. The van der Waals surface area contributed by atoms with E-state index in [4.69, 9.17) is 0 Å². The van der Waals surface area contributed by atoms with Crippen LogP contribution in [-0.4, -0.2) is 19.5 Å². The summed E-state index contributed by atoms with van der Waals surface area (Å²) in [6, 6.07) is 6.11. The molecule has 88 valence electrons. The lowest BCUT2D eigenvalue weighted by atomic mass is 9.99. The molecule has 1 aromatic rings. The fraction of sp³-hybridized carbons (Fsp3) is 0.455. The second kappa shape index (κ2) is 4.33. The molecule has 1 heterocycles. The van der Waals surface area contributed by atoms with E-state index in [0.717, 1.165) is 25.1 Å². The highest BCUT2D eigenvalue weighted by Crippen LogP contribution is 2.27. The number of hydrogen-bond acceptors (Lipinski definition) is 2. The minimum atomic E-state index is -4.61. The molecule has 1 N–H and O–H groups in total. The molecule has 1 unspecified atom stereocenters. The first kappa shape index (κ1) is 11.3. The van der Waals surface area contributed by atoms with E-state index in [2.05, 4.69) is 10.1 Å². The maximum Gasteiger partial charge on any atom is 0.573 e. The van der Waals surface area contributed by atoms with E-state index in [1.165, 1.54) is 12.1 Å². The molecule has 0 aliphatic carbocycles. The van der Waals surface area contributed by atoms with Crippen LogP contribution in [0, 0.1) is 0 Å². The number of rotatable bonds is 2. The molecule has 2 rings (SSSR count). The van der Waals surface area contributed by atoms with Crippen molar-refractivity contribution in [3.8, 4) is 5.75 Å². The molecule has 1 saturated heterocycles. The fourth-order valence-corrected chi connectivity index (χ4v) is 1.88. The lowest BCUT2D eigenvalue weighted by molar-refractivity contribution is -0.274. The van der Waals surface area contributed by atoms with Crippen LogP contribution in [0.15, 0.2) is 24.3 Å². The third-order valence-corrected chi connectivity index (χ3v) is 2.65. The molecule has 0 aromatic heterocycles. The van der Waals surface area contributed by atoms with Gasteiger partial charge in [0.1, 0.15) is 5.75 Å². The van der Waals surface area contributed by atoms with Gasteiger partial charge in [0.15, 0.2) is 0 Å². The van der Waals surface area contributed by atoms with Gasteiger partial charge in [-0.25, -0.2) is 0 Å².